The molecule has 0 aromatic heterocycles. The second-order valence-corrected chi connectivity index (χ2v) is 5.91. The summed E-state index contributed by atoms with van der Waals surface area (Å²) in [5.41, 5.74) is 0.503. The molecule has 1 rings (SSSR count). The van der Waals surface area contributed by atoms with Crippen molar-refractivity contribution < 1.29 is 4.74 Å². The predicted octanol–water partition coefficient (Wildman–Crippen LogP) is 3.61. The molecule has 1 atom stereocenters. The minimum absolute atomic E-state index is 0.503. The van der Waals surface area contributed by atoms with Gasteiger partial charge in [-0.25, -0.2) is 0 Å². The molecular weight excluding hydrogens is 210 g/mol. The zero-order valence-electron chi connectivity index (χ0n) is 12.1. The van der Waals surface area contributed by atoms with Gasteiger partial charge < -0.3 is 10.1 Å². The first kappa shape index (κ1) is 15.0. The Kier molecular flexibility index (Phi) is 7.14. The molecule has 0 saturated heterocycles. The molecule has 1 aliphatic rings. The van der Waals surface area contributed by atoms with Crippen LogP contribution in [0.3, 0.4) is 0 Å². The lowest BCUT2D eigenvalue weighted by molar-refractivity contribution is 0.115. The summed E-state index contributed by atoms with van der Waals surface area (Å²) in [6, 6.07) is 0. The van der Waals surface area contributed by atoms with Gasteiger partial charge in [0.2, 0.25) is 0 Å². The van der Waals surface area contributed by atoms with Crippen LogP contribution in [-0.2, 0) is 4.74 Å². The van der Waals surface area contributed by atoms with Crippen molar-refractivity contribution in [2.75, 3.05) is 26.8 Å². The lowest BCUT2D eigenvalue weighted by Crippen LogP contribution is -2.40. The van der Waals surface area contributed by atoms with E-state index in [2.05, 4.69) is 19.2 Å². The van der Waals surface area contributed by atoms with Crippen molar-refractivity contribution in [1.82, 2.24) is 5.32 Å². The van der Waals surface area contributed by atoms with Crippen molar-refractivity contribution in [3.63, 3.8) is 0 Å². The Morgan fingerprint density at radius 3 is 2.53 bits per heavy atom. The molecule has 1 fully saturated rings. The second kappa shape index (κ2) is 8.10. The van der Waals surface area contributed by atoms with Gasteiger partial charge in [0.15, 0.2) is 0 Å². The summed E-state index contributed by atoms with van der Waals surface area (Å²) in [4.78, 5) is 0. The number of ether oxygens (including phenoxy) is 1. The van der Waals surface area contributed by atoms with Crippen LogP contribution in [0.25, 0.3) is 0 Å². The van der Waals surface area contributed by atoms with Crippen molar-refractivity contribution in [3.05, 3.63) is 0 Å². The van der Waals surface area contributed by atoms with E-state index < -0.39 is 0 Å². The molecule has 0 aliphatic heterocycles. The molecule has 0 radical (unpaired) electrons. The summed E-state index contributed by atoms with van der Waals surface area (Å²) in [6.45, 7) is 7.78. The van der Waals surface area contributed by atoms with Gasteiger partial charge in [-0.2, -0.15) is 0 Å². The fraction of sp³-hybridized carbons (Fsp3) is 1.00. The largest absolute Gasteiger partial charge is 0.383 e. The Morgan fingerprint density at radius 1 is 1.24 bits per heavy atom. The van der Waals surface area contributed by atoms with E-state index in [9.17, 15) is 0 Å². The lowest BCUT2D eigenvalue weighted by atomic mass is 9.67. The molecule has 0 bridgehead atoms. The van der Waals surface area contributed by atoms with E-state index >= 15 is 0 Å². The van der Waals surface area contributed by atoms with Crippen LogP contribution in [0.2, 0.25) is 0 Å². The summed E-state index contributed by atoms with van der Waals surface area (Å²) in [5.74, 6) is 0.936. The molecule has 0 aromatic carbocycles. The molecule has 0 heterocycles. The Bertz CT molecular complexity index is 189. The van der Waals surface area contributed by atoms with Crippen LogP contribution in [0, 0.1) is 11.3 Å². The molecule has 2 nitrogen and oxygen atoms in total. The fourth-order valence-corrected chi connectivity index (χ4v) is 3.36. The molecule has 1 saturated carbocycles. The first-order chi connectivity index (χ1) is 8.23. The number of rotatable bonds is 8. The minimum atomic E-state index is 0.503. The number of methoxy groups -OCH3 is 1. The number of hydrogen-bond donors (Lipinski definition) is 1. The van der Waals surface area contributed by atoms with Crippen LogP contribution in [-0.4, -0.2) is 26.8 Å². The summed E-state index contributed by atoms with van der Waals surface area (Å²) in [7, 11) is 1.77. The number of hydrogen-bond acceptors (Lipinski definition) is 2. The molecule has 2 heteroatoms. The average molecular weight is 241 g/mol. The van der Waals surface area contributed by atoms with Gasteiger partial charge in [-0.05, 0) is 30.6 Å². The molecule has 0 amide bonds. The first-order valence-corrected chi connectivity index (χ1v) is 7.42. The van der Waals surface area contributed by atoms with Crippen molar-refractivity contribution >= 4 is 0 Å². The molecule has 1 unspecified atom stereocenters. The van der Waals surface area contributed by atoms with E-state index in [-0.39, 0.29) is 0 Å². The smallest absolute Gasteiger partial charge is 0.0587 e. The zero-order valence-corrected chi connectivity index (χ0v) is 12.1. The Balaban J connectivity index is 2.41. The molecule has 102 valence electrons. The average Bonchev–Trinajstić information content (AvgIpc) is 2.36. The highest BCUT2D eigenvalue weighted by atomic mass is 16.5. The first-order valence-electron chi connectivity index (χ1n) is 7.42. The highest BCUT2D eigenvalue weighted by molar-refractivity contribution is 4.86. The van der Waals surface area contributed by atoms with E-state index in [1.807, 2.05) is 0 Å². The van der Waals surface area contributed by atoms with Crippen molar-refractivity contribution in [2.45, 2.75) is 58.8 Å². The second-order valence-electron chi connectivity index (χ2n) is 5.91. The van der Waals surface area contributed by atoms with Crippen molar-refractivity contribution in [2.24, 2.45) is 11.3 Å². The summed E-state index contributed by atoms with van der Waals surface area (Å²) < 4.78 is 5.10. The van der Waals surface area contributed by atoms with Gasteiger partial charge in [0.25, 0.3) is 0 Å². The van der Waals surface area contributed by atoms with Gasteiger partial charge in [0.1, 0.15) is 0 Å². The highest BCUT2D eigenvalue weighted by Gasteiger charge is 2.33. The molecular formula is C15H31NO. The molecule has 1 aliphatic carbocycles. The van der Waals surface area contributed by atoms with Crippen molar-refractivity contribution in [1.29, 1.82) is 0 Å². The topological polar surface area (TPSA) is 21.3 Å². The fourth-order valence-electron chi connectivity index (χ4n) is 3.36. The maximum absolute atomic E-state index is 5.10. The third-order valence-corrected chi connectivity index (χ3v) is 4.42. The third-order valence-electron chi connectivity index (χ3n) is 4.42. The quantitative estimate of drug-likeness (QED) is 0.656. The molecule has 0 aromatic rings. The maximum atomic E-state index is 5.10. The third kappa shape index (κ3) is 4.97. The predicted molar refractivity (Wildman–Crippen MR) is 74.3 cm³/mol. The van der Waals surface area contributed by atoms with Crippen LogP contribution in [0.4, 0.5) is 0 Å². The normalized spacial score (nSPS) is 21.4. The van der Waals surface area contributed by atoms with E-state index in [4.69, 9.17) is 4.74 Å². The van der Waals surface area contributed by atoms with E-state index in [0.29, 0.717) is 5.41 Å². The van der Waals surface area contributed by atoms with E-state index in [0.717, 1.165) is 25.6 Å². The number of nitrogens with one attached hydrogen (secondary N) is 1. The standard InChI is InChI=1S/C15H31NO/c1-4-10-15(2,13-16-11-12-17-3)14-8-6-5-7-9-14/h14,16H,4-13H2,1-3H3. The van der Waals surface area contributed by atoms with Gasteiger partial charge in [0, 0.05) is 20.2 Å². The van der Waals surface area contributed by atoms with Crippen LogP contribution in [0.15, 0.2) is 0 Å². The Morgan fingerprint density at radius 2 is 1.94 bits per heavy atom. The van der Waals surface area contributed by atoms with Gasteiger partial charge >= 0.3 is 0 Å². The zero-order chi connectivity index (χ0) is 12.6. The summed E-state index contributed by atoms with van der Waals surface area (Å²) in [6.07, 6.45) is 9.90. The van der Waals surface area contributed by atoms with Gasteiger partial charge in [0.05, 0.1) is 6.61 Å². The van der Waals surface area contributed by atoms with Gasteiger partial charge in [-0.1, -0.05) is 39.5 Å². The van der Waals surface area contributed by atoms with Crippen LogP contribution in [0.5, 0.6) is 0 Å². The van der Waals surface area contributed by atoms with Gasteiger partial charge in [-0.15, -0.1) is 0 Å². The minimum Gasteiger partial charge on any atom is -0.383 e. The summed E-state index contributed by atoms with van der Waals surface area (Å²) in [5, 5.41) is 3.58. The van der Waals surface area contributed by atoms with Crippen LogP contribution >= 0.6 is 0 Å². The van der Waals surface area contributed by atoms with E-state index in [1.54, 1.807) is 7.11 Å². The van der Waals surface area contributed by atoms with Gasteiger partial charge in [-0.3, -0.25) is 0 Å². The summed E-state index contributed by atoms with van der Waals surface area (Å²) >= 11 is 0. The lowest BCUT2D eigenvalue weighted by Gasteiger charge is -2.40. The SMILES string of the molecule is CCCC(C)(CNCCOC)C1CCCCC1. The Labute approximate surface area is 108 Å². The monoisotopic (exact) mass is 241 g/mol. The maximum Gasteiger partial charge on any atom is 0.0587 e. The highest BCUT2D eigenvalue weighted by Crippen LogP contribution is 2.41. The molecule has 0 spiro atoms. The molecule has 17 heavy (non-hydrogen) atoms. The van der Waals surface area contributed by atoms with Crippen LogP contribution in [0.1, 0.15) is 58.8 Å². The Hall–Kier alpha value is -0.0800. The van der Waals surface area contributed by atoms with Crippen molar-refractivity contribution in [3.8, 4) is 0 Å². The van der Waals surface area contributed by atoms with E-state index in [1.165, 1.54) is 44.9 Å². The molecule has 1 N–H and O–H groups in total. The van der Waals surface area contributed by atoms with Crippen LogP contribution < -0.4 is 5.32 Å².